The Morgan fingerprint density at radius 3 is 3.00 bits per heavy atom. The first kappa shape index (κ1) is 13.0. The summed E-state index contributed by atoms with van der Waals surface area (Å²) in [4.78, 5) is 24.8. The van der Waals surface area contributed by atoms with E-state index in [9.17, 15) is 9.59 Å². The molecule has 0 aliphatic carbocycles. The predicted molar refractivity (Wildman–Crippen MR) is 73.5 cm³/mol. The number of benzene rings is 1. The summed E-state index contributed by atoms with van der Waals surface area (Å²) < 4.78 is 0. The molecule has 0 radical (unpaired) electrons. The zero-order chi connectivity index (χ0) is 13.0. The van der Waals surface area contributed by atoms with E-state index in [0.717, 1.165) is 12.1 Å². The number of thioether (sulfide) groups is 1. The third kappa shape index (κ3) is 3.26. The third-order valence-electron chi connectivity index (χ3n) is 2.78. The van der Waals surface area contributed by atoms with Gasteiger partial charge in [-0.25, -0.2) is 0 Å². The molecule has 0 bridgehead atoms. The highest BCUT2D eigenvalue weighted by Gasteiger charge is 2.22. The smallest absolute Gasteiger partial charge is 0.244 e. The van der Waals surface area contributed by atoms with Crippen molar-refractivity contribution in [2.75, 3.05) is 23.5 Å². The Bertz CT molecular complexity index is 462. The zero-order valence-electron chi connectivity index (χ0n) is 10.3. The van der Waals surface area contributed by atoms with Crippen LogP contribution in [-0.2, 0) is 16.0 Å². The first-order valence-electron chi connectivity index (χ1n) is 5.93. The highest BCUT2D eigenvalue weighted by molar-refractivity contribution is 8.00. The predicted octanol–water partition coefficient (Wildman–Crippen LogP) is 1.72. The van der Waals surface area contributed by atoms with Crippen molar-refractivity contribution in [1.29, 1.82) is 0 Å². The Morgan fingerprint density at radius 1 is 1.50 bits per heavy atom. The molecule has 0 atom stereocenters. The summed E-state index contributed by atoms with van der Waals surface area (Å²) in [6, 6.07) is 7.76. The van der Waals surface area contributed by atoms with Crippen molar-refractivity contribution in [3.63, 3.8) is 0 Å². The minimum atomic E-state index is -0.140. The molecule has 96 valence electrons. The van der Waals surface area contributed by atoms with Crippen molar-refractivity contribution in [2.45, 2.75) is 13.3 Å². The molecule has 1 saturated heterocycles. The second kappa shape index (κ2) is 5.91. The number of amides is 2. The zero-order valence-corrected chi connectivity index (χ0v) is 11.1. The molecule has 1 aliphatic heterocycles. The fraction of sp³-hybridized carbons (Fsp3) is 0.385. The molecular formula is C13H16N2O2S. The average Bonchev–Trinajstić information content (AvgIpc) is 2.75. The molecule has 1 fully saturated rings. The second-order valence-electron chi connectivity index (χ2n) is 4.17. The number of rotatable bonds is 4. The Balaban J connectivity index is 1.92. The van der Waals surface area contributed by atoms with E-state index in [1.54, 1.807) is 16.7 Å². The van der Waals surface area contributed by atoms with Crippen LogP contribution < -0.4 is 5.32 Å². The van der Waals surface area contributed by atoms with Gasteiger partial charge in [0, 0.05) is 5.69 Å². The van der Waals surface area contributed by atoms with E-state index >= 15 is 0 Å². The van der Waals surface area contributed by atoms with Gasteiger partial charge in [-0.2, -0.15) is 0 Å². The molecule has 0 spiro atoms. The van der Waals surface area contributed by atoms with Gasteiger partial charge in [0.05, 0.1) is 11.6 Å². The van der Waals surface area contributed by atoms with Gasteiger partial charge in [-0.05, 0) is 24.1 Å². The van der Waals surface area contributed by atoms with Gasteiger partial charge in [-0.15, -0.1) is 11.8 Å². The largest absolute Gasteiger partial charge is 0.325 e. The first-order chi connectivity index (χ1) is 8.69. The van der Waals surface area contributed by atoms with Gasteiger partial charge in [0.1, 0.15) is 6.54 Å². The number of hydrogen-bond acceptors (Lipinski definition) is 3. The molecule has 5 heteroatoms. The highest BCUT2D eigenvalue weighted by atomic mass is 32.2. The van der Waals surface area contributed by atoms with E-state index in [2.05, 4.69) is 12.2 Å². The van der Waals surface area contributed by atoms with Gasteiger partial charge in [0.2, 0.25) is 11.8 Å². The number of carbonyl (C=O) groups is 2. The lowest BCUT2D eigenvalue weighted by Gasteiger charge is -2.14. The van der Waals surface area contributed by atoms with Gasteiger partial charge >= 0.3 is 0 Å². The minimum Gasteiger partial charge on any atom is -0.325 e. The number of carbonyl (C=O) groups excluding carboxylic acids is 2. The van der Waals surface area contributed by atoms with Gasteiger partial charge in [-0.3, -0.25) is 9.59 Å². The molecule has 1 N–H and O–H groups in total. The molecule has 4 nitrogen and oxygen atoms in total. The number of nitrogens with zero attached hydrogens (tertiary/aromatic N) is 1. The molecule has 0 unspecified atom stereocenters. The van der Waals surface area contributed by atoms with E-state index < -0.39 is 0 Å². The molecule has 0 saturated carbocycles. The van der Waals surface area contributed by atoms with Gasteiger partial charge in [0.15, 0.2) is 0 Å². The van der Waals surface area contributed by atoms with E-state index in [1.165, 1.54) is 5.56 Å². The van der Waals surface area contributed by atoms with Crippen LogP contribution >= 0.6 is 11.8 Å². The quantitative estimate of drug-likeness (QED) is 0.901. The van der Waals surface area contributed by atoms with Gasteiger partial charge < -0.3 is 10.2 Å². The summed E-state index contributed by atoms with van der Waals surface area (Å²) in [6.07, 6.45) is 0.935. The van der Waals surface area contributed by atoms with Crippen molar-refractivity contribution in [1.82, 2.24) is 4.90 Å². The lowest BCUT2D eigenvalue weighted by molar-refractivity contribution is -0.130. The summed E-state index contributed by atoms with van der Waals surface area (Å²) in [6.45, 7) is 2.21. The van der Waals surface area contributed by atoms with Crippen LogP contribution in [0.1, 0.15) is 12.5 Å². The van der Waals surface area contributed by atoms with Gasteiger partial charge in [-0.1, -0.05) is 19.1 Å². The Morgan fingerprint density at radius 2 is 2.33 bits per heavy atom. The molecule has 2 amide bonds. The fourth-order valence-electron chi connectivity index (χ4n) is 1.78. The maximum Gasteiger partial charge on any atom is 0.244 e. The third-order valence-corrected chi connectivity index (χ3v) is 3.72. The van der Waals surface area contributed by atoms with E-state index in [4.69, 9.17) is 0 Å². The lowest BCUT2D eigenvalue weighted by atomic mass is 10.1. The maximum absolute atomic E-state index is 11.8. The van der Waals surface area contributed by atoms with E-state index in [-0.39, 0.29) is 18.4 Å². The Hall–Kier alpha value is -1.49. The van der Waals surface area contributed by atoms with Crippen molar-refractivity contribution >= 4 is 29.3 Å². The Labute approximate surface area is 111 Å². The maximum atomic E-state index is 11.8. The number of nitrogens with one attached hydrogen (secondary N) is 1. The van der Waals surface area contributed by atoms with Crippen molar-refractivity contribution in [3.05, 3.63) is 29.8 Å². The number of hydrogen-bond donors (Lipinski definition) is 1. The average molecular weight is 264 g/mol. The van der Waals surface area contributed by atoms with Crippen molar-refractivity contribution in [3.8, 4) is 0 Å². The molecule has 0 aromatic heterocycles. The van der Waals surface area contributed by atoms with E-state index in [1.807, 2.05) is 24.3 Å². The van der Waals surface area contributed by atoms with Crippen LogP contribution in [-0.4, -0.2) is 34.9 Å². The minimum absolute atomic E-state index is 0.0393. The number of aryl methyl sites for hydroxylation is 1. The van der Waals surface area contributed by atoms with Crippen LogP contribution in [0, 0.1) is 0 Å². The van der Waals surface area contributed by atoms with Crippen LogP contribution in [0.5, 0.6) is 0 Å². The van der Waals surface area contributed by atoms with Gasteiger partial charge in [0.25, 0.3) is 0 Å². The molecular weight excluding hydrogens is 248 g/mol. The summed E-state index contributed by atoms with van der Waals surface area (Å²) in [5, 5.41) is 2.82. The number of anilines is 1. The molecule has 1 heterocycles. The molecule has 18 heavy (non-hydrogen) atoms. The van der Waals surface area contributed by atoms with Crippen LogP contribution in [0.4, 0.5) is 5.69 Å². The Kier molecular flexibility index (Phi) is 4.25. The van der Waals surface area contributed by atoms with Crippen molar-refractivity contribution < 1.29 is 9.59 Å². The van der Waals surface area contributed by atoms with Crippen LogP contribution in [0.2, 0.25) is 0 Å². The monoisotopic (exact) mass is 264 g/mol. The standard InChI is InChI=1S/C13H16N2O2S/c1-2-10-4-3-5-11(6-10)14-12(16)7-15-9-18-8-13(15)17/h3-6H,2,7-9H2,1H3,(H,14,16). The summed E-state index contributed by atoms with van der Waals surface area (Å²) in [5.74, 6) is 0.997. The highest BCUT2D eigenvalue weighted by Crippen LogP contribution is 2.15. The molecule has 2 rings (SSSR count). The first-order valence-corrected chi connectivity index (χ1v) is 7.09. The molecule has 1 aromatic carbocycles. The summed E-state index contributed by atoms with van der Waals surface area (Å²) in [7, 11) is 0. The molecule has 1 aliphatic rings. The van der Waals surface area contributed by atoms with E-state index in [0.29, 0.717) is 11.6 Å². The fourth-order valence-corrected chi connectivity index (χ4v) is 2.69. The topological polar surface area (TPSA) is 49.4 Å². The van der Waals surface area contributed by atoms with Crippen molar-refractivity contribution in [2.24, 2.45) is 0 Å². The second-order valence-corrected chi connectivity index (χ2v) is 5.13. The lowest BCUT2D eigenvalue weighted by Crippen LogP contribution is -2.34. The van der Waals surface area contributed by atoms with Crippen LogP contribution in [0.3, 0.4) is 0 Å². The summed E-state index contributed by atoms with van der Waals surface area (Å²) >= 11 is 1.54. The molecule has 1 aromatic rings. The van der Waals surface area contributed by atoms with Crippen LogP contribution in [0.25, 0.3) is 0 Å². The normalized spacial score (nSPS) is 14.9. The SMILES string of the molecule is CCc1cccc(NC(=O)CN2CSCC2=O)c1. The summed E-state index contributed by atoms with van der Waals surface area (Å²) in [5.41, 5.74) is 1.97. The van der Waals surface area contributed by atoms with Crippen LogP contribution in [0.15, 0.2) is 24.3 Å².